The van der Waals surface area contributed by atoms with Crippen molar-refractivity contribution in [3.8, 4) is 0 Å². The van der Waals surface area contributed by atoms with E-state index in [1.807, 2.05) is 11.3 Å². The van der Waals surface area contributed by atoms with Crippen molar-refractivity contribution in [3.05, 3.63) is 21.9 Å². The molecule has 2 N–H and O–H groups in total. The number of thiophene rings is 1. The smallest absolute Gasteiger partial charge is 0.0228 e. The third-order valence-electron chi connectivity index (χ3n) is 4.08. The van der Waals surface area contributed by atoms with Crippen LogP contribution in [0.4, 0.5) is 0 Å². The lowest BCUT2D eigenvalue weighted by molar-refractivity contribution is 0.205. The van der Waals surface area contributed by atoms with Gasteiger partial charge in [0.2, 0.25) is 0 Å². The van der Waals surface area contributed by atoms with Crippen molar-refractivity contribution in [2.24, 2.45) is 11.7 Å². The number of aryl methyl sites for hydroxylation is 1. The molecule has 0 amide bonds. The minimum Gasteiger partial charge on any atom is -0.325 e. The summed E-state index contributed by atoms with van der Waals surface area (Å²) in [6, 6.07) is 4.54. The average Bonchev–Trinajstić information content (AvgIpc) is 2.70. The maximum atomic E-state index is 6.59. The molecule has 0 saturated heterocycles. The molecule has 0 aromatic carbocycles. The summed E-state index contributed by atoms with van der Waals surface area (Å²) in [5.41, 5.74) is 6.66. The summed E-state index contributed by atoms with van der Waals surface area (Å²) < 4.78 is 0. The molecule has 1 aliphatic carbocycles. The van der Waals surface area contributed by atoms with Crippen LogP contribution in [-0.4, -0.2) is 5.54 Å². The molecule has 2 atom stereocenters. The first kappa shape index (κ1) is 12.1. The molecule has 0 bridgehead atoms. The zero-order valence-electron chi connectivity index (χ0n) is 10.5. The number of rotatable bonds is 3. The van der Waals surface area contributed by atoms with Crippen LogP contribution in [0.25, 0.3) is 0 Å². The first-order valence-electron chi connectivity index (χ1n) is 6.50. The summed E-state index contributed by atoms with van der Waals surface area (Å²) in [5.74, 6) is 0.674. The molecule has 1 saturated carbocycles. The van der Waals surface area contributed by atoms with Crippen LogP contribution in [-0.2, 0) is 12.8 Å². The van der Waals surface area contributed by atoms with Crippen LogP contribution in [0.3, 0.4) is 0 Å². The second-order valence-electron chi connectivity index (χ2n) is 5.28. The van der Waals surface area contributed by atoms with E-state index >= 15 is 0 Å². The van der Waals surface area contributed by atoms with Crippen molar-refractivity contribution in [1.82, 2.24) is 0 Å². The van der Waals surface area contributed by atoms with Crippen LogP contribution in [0.1, 0.15) is 49.3 Å². The van der Waals surface area contributed by atoms with E-state index in [2.05, 4.69) is 26.0 Å². The maximum absolute atomic E-state index is 6.59. The SMILES string of the molecule is CCc1ccc(CC2(N)CCCCC2C)s1. The van der Waals surface area contributed by atoms with E-state index < -0.39 is 0 Å². The molecule has 2 unspecified atom stereocenters. The summed E-state index contributed by atoms with van der Waals surface area (Å²) in [5, 5.41) is 0. The molecular formula is C14H23NS. The lowest BCUT2D eigenvalue weighted by Gasteiger charge is -2.39. The fraction of sp³-hybridized carbons (Fsp3) is 0.714. The highest BCUT2D eigenvalue weighted by Crippen LogP contribution is 2.35. The van der Waals surface area contributed by atoms with Crippen molar-refractivity contribution < 1.29 is 0 Å². The molecule has 0 aliphatic heterocycles. The summed E-state index contributed by atoms with van der Waals surface area (Å²) in [6.45, 7) is 4.55. The van der Waals surface area contributed by atoms with Gasteiger partial charge in [-0.1, -0.05) is 26.7 Å². The Morgan fingerprint density at radius 1 is 1.38 bits per heavy atom. The quantitative estimate of drug-likeness (QED) is 0.851. The molecule has 1 aromatic rings. The van der Waals surface area contributed by atoms with Gasteiger partial charge in [-0.15, -0.1) is 11.3 Å². The number of hydrogen-bond acceptors (Lipinski definition) is 2. The van der Waals surface area contributed by atoms with Gasteiger partial charge in [0.05, 0.1) is 0 Å². The lowest BCUT2D eigenvalue weighted by Crippen LogP contribution is -2.49. The van der Waals surface area contributed by atoms with Crippen molar-refractivity contribution in [2.75, 3.05) is 0 Å². The first-order valence-corrected chi connectivity index (χ1v) is 7.32. The second-order valence-corrected chi connectivity index (χ2v) is 6.53. The molecule has 16 heavy (non-hydrogen) atoms. The molecule has 0 radical (unpaired) electrons. The van der Waals surface area contributed by atoms with Crippen LogP contribution in [0.5, 0.6) is 0 Å². The van der Waals surface area contributed by atoms with E-state index in [1.165, 1.54) is 35.4 Å². The molecule has 90 valence electrons. The molecule has 0 spiro atoms. The molecule has 1 heterocycles. The molecular weight excluding hydrogens is 214 g/mol. The van der Waals surface area contributed by atoms with Crippen LogP contribution < -0.4 is 5.73 Å². The van der Waals surface area contributed by atoms with Gasteiger partial charge in [0, 0.05) is 21.7 Å². The average molecular weight is 237 g/mol. The third kappa shape index (κ3) is 2.49. The zero-order valence-corrected chi connectivity index (χ0v) is 11.3. The summed E-state index contributed by atoms with van der Waals surface area (Å²) in [6.07, 6.45) is 7.42. The second kappa shape index (κ2) is 4.89. The molecule has 1 aromatic heterocycles. The Morgan fingerprint density at radius 2 is 2.12 bits per heavy atom. The van der Waals surface area contributed by atoms with Gasteiger partial charge in [-0.05, 0) is 37.3 Å². The van der Waals surface area contributed by atoms with E-state index in [4.69, 9.17) is 5.73 Å². The fourth-order valence-electron chi connectivity index (χ4n) is 2.73. The van der Waals surface area contributed by atoms with Gasteiger partial charge in [-0.3, -0.25) is 0 Å². The first-order chi connectivity index (χ1) is 7.64. The molecule has 2 rings (SSSR count). The normalized spacial score (nSPS) is 30.6. The van der Waals surface area contributed by atoms with Gasteiger partial charge in [0.25, 0.3) is 0 Å². The van der Waals surface area contributed by atoms with Crippen molar-refractivity contribution in [2.45, 2.75) is 57.9 Å². The van der Waals surface area contributed by atoms with E-state index in [-0.39, 0.29) is 5.54 Å². The van der Waals surface area contributed by atoms with E-state index in [9.17, 15) is 0 Å². The van der Waals surface area contributed by atoms with E-state index in [0.717, 1.165) is 12.8 Å². The molecule has 1 fully saturated rings. The Labute approximate surface area is 103 Å². The van der Waals surface area contributed by atoms with Gasteiger partial charge in [0.15, 0.2) is 0 Å². The minimum absolute atomic E-state index is 0.0636. The summed E-state index contributed by atoms with van der Waals surface area (Å²) >= 11 is 1.95. The standard InChI is InChI=1S/C14H23NS/c1-3-12-7-8-13(16-12)10-14(15)9-5-4-6-11(14)2/h7-8,11H,3-6,9-10,15H2,1-2H3. The fourth-order valence-corrected chi connectivity index (χ4v) is 3.83. The van der Waals surface area contributed by atoms with Crippen LogP contribution in [0, 0.1) is 5.92 Å². The van der Waals surface area contributed by atoms with Gasteiger partial charge in [-0.25, -0.2) is 0 Å². The van der Waals surface area contributed by atoms with Crippen molar-refractivity contribution in [1.29, 1.82) is 0 Å². The van der Waals surface area contributed by atoms with Gasteiger partial charge >= 0.3 is 0 Å². The highest BCUT2D eigenvalue weighted by molar-refractivity contribution is 7.12. The summed E-state index contributed by atoms with van der Waals surface area (Å²) in [4.78, 5) is 2.97. The highest BCUT2D eigenvalue weighted by atomic mass is 32.1. The van der Waals surface area contributed by atoms with Crippen molar-refractivity contribution in [3.63, 3.8) is 0 Å². The number of hydrogen-bond donors (Lipinski definition) is 1. The molecule has 1 nitrogen and oxygen atoms in total. The monoisotopic (exact) mass is 237 g/mol. The van der Waals surface area contributed by atoms with Gasteiger partial charge < -0.3 is 5.73 Å². The topological polar surface area (TPSA) is 26.0 Å². The Morgan fingerprint density at radius 3 is 2.75 bits per heavy atom. The molecule has 2 heteroatoms. The van der Waals surface area contributed by atoms with Gasteiger partial charge in [0.1, 0.15) is 0 Å². The highest BCUT2D eigenvalue weighted by Gasteiger charge is 2.34. The van der Waals surface area contributed by atoms with E-state index in [0.29, 0.717) is 5.92 Å². The minimum atomic E-state index is 0.0636. The van der Waals surface area contributed by atoms with Crippen LogP contribution in [0.15, 0.2) is 12.1 Å². The van der Waals surface area contributed by atoms with Gasteiger partial charge in [-0.2, -0.15) is 0 Å². The summed E-state index contributed by atoms with van der Waals surface area (Å²) in [7, 11) is 0. The Kier molecular flexibility index (Phi) is 3.70. The van der Waals surface area contributed by atoms with Crippen molar-refractivity contribution >= 4 is 11.3 Å². The Hall–Kier alpha value is -0.340. The Balaban J connectivity index is 2.06. The van der Waals surface area contributed by atoms with Crippen LogP contribution >= 0.6 is 11.3 Å². The maximum Gasteiger partial charge on any atom is 0.0228 e. The predicted molar refractivity (Wildman–Crippen MR) is 72.0 cm³/mol. The Bertz CT molecular complexity index is 344. The zero-order chi connectivity index (χ0) is 11.6. The van der Waals surface area contributed by atoms with E-state index in [1.54, 1.807) is 0 Å². The predicted octanol–water partition coefficient (Wildman–Crippen LogP) is 3.76. The number of nitrogens with two attached hydrogens (primary N) is 1. The molecule has 1 aliphatic rings. The largest absolute Gasteiger partial charge is 0.325 e. The third-order valence-corrected chi connectivity index (χ3v) is 5.31. The van der Waals surface area contributed by atoms with Crippen LogP contribution in [0.2, 0.25) is 0 Å². The lowest BCUT2D eigenvalue weighted by atomic mass is 9.72.